The third-order valence-corrected chi connectivity index (χ3v) is 4.08. The minimum Gasteiger partial charge on any atom is -0.368 e. The van der Waals surface area contributed by atoms with Crippen LogP contribution in [0.25, 0.3) is 0 Å². The van der Waals surface area contributed by atoms with Crippen LogP contribution in [0.4, 0.5) is 10.1 Å². The summed E-state index contributed by atoms with van der Waals surface area (Å²) >= 11 is 1.81. The normalized spacial score (nSPS) is 12.5. The van der Waals surface area contributed by atoms with Crippen LogP contribution in [0.15, 0.2) is 18.2 Å². The van der Waals surface area contributed by atoms with Crippen molar-refractivity contribution in [2.75, 3.05) is 30.5 Å². The Bertz CT molecular complexity index is 384. The molecule has 1 unspecified atom stereocenters. The van der Waals surface area contributed by atoms with E-state index in [1.165, 1.54) is 0 Å². The van der Waals surface area contributed by atoms with Crippen LogP contribution in [0.2, 0.25) is 0 Å². The lowest BCUT2D eigenvalue weighted by Gasteiger charge is -2.31. The van der Waals surface area contributed by atoms with Gasteiger partial charge in [0, 0.05) is 25.4 Å². The first kappa shape index (κ1) is 16.3. The quantitative estimate of drug-likeness (QED) is 0.786. The van der Waals surface area contributed by atoms with Gasteiger partial charge in [0.1, 0.15) is 5.82 Å². The van der Waals surface area contributed by atoms with Gasteiger partial charge in [-0.2, -0.15) is 11.8 Å². The molecule has 0 radical (unpaired) electrons. The van der Waals surface area contributed by atoms with Gasteiger partial charge in [0.2, 0.25) is 0 Å². The topological polar surface area (TPSA) is 15.3 Å². The van der Waals surface area contributed by atoms with Crippen LogP contribution in [0.1, 0.15) is 25.8 Å². The summed E-state index contributed by atoms with van der Waals surface area (Å²) in [5, 5.41) is 3.28. The lowest BCUT2D eigenvalue weighted by atomic mass is 10.1. The molecule has 1 rings (SSSR count). The summed E-state index contributed by atoms with van der Waals surface area (Å²) in [4.78, 5) is 2.10. The number of benzene rings is 1. The molecule has 1 aromatic carbocycles. The maximum Gasteiger partial charge on any atom is 0.146 e. The molecule has 0 spiro atoms. The van der Waals surface area contributed by atoms with Crippen LogP contribution in [0, 0.1) is 5.82 Å². The Kier molecular flexibility index (Phi) is 7.24. The highest BCUT2D eigenvalue weighted by Gasteiger charge is 2.19. The van der Waals surface area contributed by atoms with Gasteiger partial charge in [-0.15, -0.1) is 0 Å². The van der Waals surface area contributed by atoms with Crippen LogP contribution >= 0.6 is 11.8 Å². The maximum absolute atomic E-state index is 14.2. The molecule has 0 saturated heterocycles. The van der Waals surface area contributed by atoms with E-state index in [1.54, 1.807) is 12.1 Å². The second-order valence-electron chi connectivity index (χ2n) is 4.66. The monoisotopic (exact) mass is 284 g/mol. The van der Waals surface area contributed by atoms with Gasteiger partial charge in [-0.25, -0.2) is 4.39 Å². The second-order valence-corrected chi connectivity index (χ2v) is 5.57. The molecule has 0 aliphatic carbocycles. The number of nitrogens with zero attached hydrogens (tertiary/aromatic N) is 1. The number of thioether (sulfide) groups is 1. The third kappa shape index (κ3) is 4.39. The predicted octanol–water partition coefficient (Wildman–Crippen LogP) is 3.51. The fraction of sp³-hybridized carbons (Fsp3) is 0.600. The van der Waals surface area contributed by atoms with E-state index in [0.29, 0.717) is 12.6 Å². The highest BCUT2D eigenvalue weighted by Crippen LogP contribution is 2.26. The molecule has 19 heavy (non-hydrogen) atoms. The summed E-state index contributed by atoms with van der Waals surface area (Å²) in [7, 11) is 2.00. The van der Waals surface area contributed by atoms with E-state index in [-0.39, 0.29) is 5.82 Å². The van der Waals surface area contributed by atoms with Crippen LogP contribution in [0.5, 0.6) is 0 Å². The highest BCUT2D eigenvalue weighted by atomic mass is 32.2. The molecule has 1 aromatic rings. The van der Waals surface area contributed by atoms with Crippen molar-refractivity contribution in [1.82, 2.24) is 5.32 Å². The molecule has 0 saturated carbocycles. The van der Waals surface area contributed by atoms with Gasteiger partial charge in [-0.1, -0.05) is 26.0 Å². The number of nitrogens with one attached hydrogen (secondary N) is 1. The summed E-state index contributed by atoms with van der Waals surface area (Å²) in [6, 6.07) is 5.71. The first-order valence-electron chi connectivity index (χ1n) is 6.85. The molecule has 2 nitrogen and oxygen atoms in total. The molecule has 0 amide bonds. The largest absolute Gasteiger partial charge is 0.368 e. The minimum atomic E-state index is -0.127. The SMILES string of the molecule is CCNCc1cccc(F)c1N(C)C(CC)CSC. The van der Waals surface area contributed by atoms with Crippen LogP contribution < -0.4 is 10.2 Å². The Morgan fingerprint density at radius 3 is 2.68 bits per heavy atom. The van der Waals surface area contributed by atoms with Crippen molar-refractivity contribution in [2.45, 2.75) is 32.9 Å². The molecule has 0 bridgehead atoms. The highest BCUT2D eigenvalue weighted by molar-refractivity contribution is 7.98. The number of halogens is 1. The Morgan fingerprint density at radius 1 is 1.37 bits per heavy atom. The van der Waals surface area contributed by atoms with Crippen molar-refractivity contribution >= 4 is 17.4 Å². The molecule has 108 valence electrons. The van der Waals surface area contributed by atoms with Crippen molar-refractivity contribution in [3.8, 4) is 0 Å². The smallest absolute Gasteiger partial charge is 0.146 e. The van der Waals surface area contributed by atoms with Gasteiger partial charge in [0.05, 0.1) is 5.69 Å². The van der Waals surface area contributed by atoms with E-state index in [4.69, 9.17) is 0 Å². The fourth-order valence-electron chi connectivity index (χ4n) is 2.24. The number of hydrogen-bond acceptors (Lipinski definition) is 3. The Balaban J connectivity index is 3.01. The Hall–Kier alpha value is -0.740. The van der Waals surface area contributed by atoms with Gasteiger partial charge in [-0.05, 0) is 30.9 Å². The van der Waals surface area contributed by atoms with Crippen LogP contribution in [0.3, 0.4) is 0 Å². The molecule has 0 aliphatic heterocycles. The van der Waals surface area contributed by atoms with Gasteiger partial charge >= 0.3 is 0 Å². The standard InChI is InChI=1S/C15H25FN2S/c1-5-13(11-19-4)18(3)15-12(10-17-6-2)8-7-9-14(15)16/h7-9,13,17H,5-6,10-11H2,1-4H3. The summed E-state index contributed by atoms with van der Waals surface area (Å²) in [5.41, 5.74) is 1.77. The van der Waals surface area contributed by atoms with E-state index in [9.17, 15) is 4.39 Å². The summed E-state index contributed by atoms with van der Waals surface area (Å²) in [5.74, 6) is 0.888. The van der Waals surface area contributed by atoms with Gasteiger partial charge in [0.15, 0.2) is 0 Å². The molecule has 1 atom stereocenters. The zero-order chi connectivity index (χ0) is 14.3. The molecular weight excluding hydrogens is 259 g/mol. The van der Waals surface area contributed by atoms with E-state index in [1.807, 2.05) is 24.9 Å². The van der Waals surface area contributed by atoms with E-state index in [0.717, 1.165) is 30.0 Å². The molecule has 0 aliphatic rings. The van der Waals surface area contributed by atoms with E-state index in [2.05, 4.69) is 30.3 Å². The lowest BCUT2D eigenvalue weighted by molar-refractivity contribution is 0.595. The fourth-order valence-corrected chi connectivity index (χ4v) is 3.08. The zero-order valence-corrected chi connectivity index (χ0v) is 13.2. The summed E-state index contributed by atoms with van der Waals surface area (Å²) in [6.07, 6.45) is 3.11. The predicted molar refractivity (Wildman–Crippen MR) is 84.6 cm³/mol. The van der Waals surface area contributed by atoms with Crippen molar-refractivity contribution in [2.24, 2.45) is 0 Å². The van der Waals surface area contributed by atoms with Crippen molar-refractivity contribution in [1.29, 1.82) is 0 Å². The van der Waals surface area contributed by atoms with E-state index < -0.39 is 0 Å². The van der Waals surface area contributed by atoms with Gasteiger partial charge < -0.3 is 10.2 Å². The van der Waals surface area contributed by atoms with Crippen molar-refractivity contribution < 1.29 is 4.39 Å². The Labute approximate surface area is 120 Å². The molecule has 1 N–H and O–H groups in total. The van der Waals surface area contributed by atoms with E-state index >= 15 is 0 Å². The number of para-hydroxylation sites is 1. The van der Waals surface area contributed by atoms with Crippen molar-refractivity contribution in [3.63, 3.8) is 0 Å². The second kappa shape index (κ2) is 8.43. The molecule has 0 aromatic heterocycles. The molecule has 0 heterocycles. The van der Waals surface area contributed by atoms with Gasteiger partial charge in [-0.3, -0.25) is 0 Å². The number of rotatable bonds is 8. The first-order valence-corrected chi connectivity index (χ1v) is 8.24. The third-order valence-electron chi connectivity index (χ3n) is 3.37. The molecule has 4 heteroatoms. The Morgan fingerprint density at radius 2 is 2.11 bits per heavy atom. The lowest BCUT2D eigenvalue weighted by Crippen LogP contribution is -2.35. The van der Waals surface area contributed by atoms with Crippen LogP contribution in [-0.2, 0) is 6.54 Å². The maximum atomic E-state index is 14.2. The summed E-state index contributed by atoms with van der Waals surface area (Å²) in [6.45, 7) is 5.82. The number of anilines is 1. The van der Waals surface area contributed by atoms with Gasteiger partial charge in [0.25, 0.3) is 0 Å². The average Bonchev–Trinajstić information content (AvgIpc) is 2.41. The zero-order valence-electron chi connectivity index (χ0n) is 12.4. The van der Waals surface area contributed by atoms with Crippen LogP contribution in [-0.4, -0.2) is 31.6 Å². The molecular formula is C15H25FN2S. The first-order chi connectivity index (χ1) is 9.15. The number of hydrogen-bond donors (Lipinski definition) is 1. The van der Waals surface area contributed by atoms with Crippen molar-refractivity contribution in [3.05, 3.63) is 29.6 Å². The minimum absolute atomic E-state index is 0.127. The average molecular weight is 284 g/mol. The summed E-state index contributed by atoms with van der Waals surface area (Å²) < 4.78 is 14.2. The molecule has 0 fully saturated rings.